The Morgan fingerprint density at radius 2 is 2.36 bits per heavy atom. The molecule has 2 heterocycles. The van der Waals surface area contributed by atoms with Crippen molar-refractivity contribution >= 4 is 11.7 Å². The number of nitrogens with zero attached hydrogens (tertiary/aromatic N) is 4. The molecule has 0 saturated heterocycles. The zero-order valence-corrected chi connectivity index (χ0v) is 7.21. The average Bonchev–Trinajstić information content (AvgIpc) is 2.63. The summed E-state index contributed by atoms with van der Waals surface area (Å²) in [7, 11) is 1.36. The summed E-state index contributed by atoms with van der Waals surface area (Å²) < 4.78 is 6.14. The molecule has 14 heavy (non-hydrogen) atoms. The number of methoxy groups -OCH3 is 1. The predicted molar refractivity (Wildman–Crippen MR) is 44.3 cm³/mol. The largest absolute Gasteiger partial charge is 0.480 e. The minimum absolute atomic E-state index is 0.0505. The van der Waals surface area contributed by atoms with E-state index in [1.807, 2.05) is 0 Å². The molecule has 2 aromatic rings. The second-order valence-corrected chi connectivity index (χ2v) is 2.46. The van der Waals surface area contributed by atoms with E-state index in [0.29, 0.717) is 5.78 Å². The summed E-state index contributed by atoms with van der Waals surface area (Å²) in [6.07, 6.45) is 2.46. The molecule has 0 fully saturated rings. The Balaban J connectivity index is 2.78. The number of carbonyl (C=O) groups is 1. The van der Waals surface area contributed by atoms with Crippen LogP contribution in [0.2, 0.25) is 0 Å². The van der Waals surface area contributed by atoms with Crippen LogP contribution in [0.1, 0.15) is 10.4 Å². The van der Waals surface area contributed by atoms with Gasteiger partial charge >= 0.3 is 5.97 Å². The van der Waals surface area contributed by atoms with Gasteiger partial charge in [0.15, 0.2) is 0 Å². The monoisotopic (exact) mass is 194 g/mol. The maximum absolute atomic E-state index is 10.8. The van der Waals surface area contributed by atoms with Crippen LogP contribution in [-0.2, 0) is 0 Å². The number of aromatic nitrogens is 4. The van der Waals surface area contributed by atoms with Crippen LogP contribution >= 0.6 is 0 Å². The molecule has 0 saturated carbocycles. The number of rotatable bonds is 2. The number of fused-ring (bicyclic) bond motifs is 1. The van der Waals surface area contributed by atoms with Gasteiger partial charge in [0, 0.05) is 0 Å². The highest BCUT2D eigenvalue weighted by molar-refractivity contribution is 5.90. The standard InChI is InChI=1S/C7H6N4O3/c1-14-5-4(6(12)13)2-8-7-9-3-10-11(5)7/h2-3H,1H3,(H,12,13). The lowest BCUT2D eigenvalue weighted by Crippen LogP contribution is -2.07. The highest BCUT2D eigenvalue weighted by Gasteiger charge is 2.16. The van der Waals surface area contributed by atoms with Crippen molar-refractivity contribution in [1.82, 2.24) is 19.6 Å². The van der Waals surface area contributed by atoms with Crippen LogP contribution in [0.4, 0.5) is 0 Å². The molecule has 7 heteroatoms. The van der Waals surface area contributed by atoms with Gasteiger partial charge in [-0.2, -0.15) is 14.6 Å². The normalized spacial score (nSPS) is 10.4. The molecule has 0 bridgehead atoms. The van der Waals surface area contributed by atoms with Gasteiger partial charge in [-0.15, -0.1) is 0 Å². The minimum Gasteiger partial charge on any atom is -0.480 e. The number of ether oxygens (including phenoxy) is 1. The number of carboxylic acids is 1. The third-order valence-corrected chi connectivity index (χ3v) is 1.69. The molecule has 0 aliphatic heterocycles. The topological polar surface area (TPSA) is 89.6 Å². The van der Waals surface area contributed by atoms with Gasteiger partial charge in [0.1, 0.15) is 11.9 Å². The predicted octanol–water partition coefficient (Wildman–Crippen LogP) is -0.169. The first-order valence-electron chi connectivity index (χ1n) is 3.70. The summed E-state index contributed by atoms with van der Waals surface area (Å²) in [6, 6.07) is 0. The van der Waals surface area contributed by atoms with E-state index >= 15 is 0 Å². The highest BCUT2D eigenvalue weighted by atomic mass is 16.5. The van der Waals surface area contributed by atoms with Crippen LogP contribution in [0.5, 0.6) is 5.88 Å². The molecule has 0 radical (unpaired) electrons. The fourth-order valence-corrected chi connectivity index (χ4v) is 1.10. The van der Waals surface area contributed by atoms with Gasteiger partial charge in [-0.3, -0.25) is 0 Å². The summed E-state index contributed by atoms with van der Waals surface area (Å²) in [5, 5.41) is 12.6. The second-order valence-electron chi connectivity index (χ2n) is 2.46. The minimum atomic E-state index is -1.12. The Morgan fingerprint density at radius 1 is 1.57 bits per heavy atom. The first-order chi connectivity index (χ1) is 6.74. The van der Waals surface area contributed by atoms with Crippen LogP contribution in [-0.4, -0.2) is 37.8 Å². The summed E-state index contributed by atoms with van der Waals surface area (Å²) in [6.45, 7) is 0. The van der Waals surface area contributed by atoms with E-state index in [1.54, 1.807) is 0 Å². The van der Waals surface area contributed by atoms with Gasteiger partial charge in [-0.25, -0.2) is 9.78 Å². The zero-order chi connectivity index (χ0) is 10.1. The van der Waals surface area contributed by atoms with Gasteiger partial charge < -0.3 is 9.84 Å². The maximum Gasteiger partial charge on any atom is 0.342 e. The third-order valence-electron chi connectivity index (χ3n) is 1.69. The number of carboxylic acid groups (broad SMARTS) is 1. The molecule has 1 N–H and O–H groups in total. The van der Waals surface area contributed by atoms with Crippen molar-refractivity contribution in [2.75, 3.05) is 7.11 Å². The van der Waals surface area contributed by atoms with Crippen molar-refractivity contribution in [2.45, 2.75) is 0 Å². The number of hydrogen-bond donors (Lipinski definition) is 1. The SMILES string of the molecule is COc1c(C(=O)O)cnc2ncnn12. The van der Waals surface area contributed by atoms with Crippen molar-refractivity contribution in [3.8, 4) is 5.88 Å². The first kappa shape index (κ1) is 8.42. The molecule has 2 rings (SSSR count). The molecule has 0 aliphatic carbocycles. The van der Waals surface area contributed by atoms with E-state index in [1.165, 1.54) is 24.1 Å². The van der Waals surface area contributed by atoms with Crippen LogP contribution in [0.15, 0.2) is 12.5 Å². The molecular formula is C7H6N4O3. The molecule has 0 aromatic carbocycles. The second kappa shape index (κ2) is 2.95. The van der Waals surface area contributed by atoms with Crippen molar-refractivity contribution in [1.29, 1.82) is 0 Å². The van der Waals surface area contributed by atoms with Gasteiger partial charge in [0.2, 0.25) is 5.88 Å². The maximum atomic E-state index is 10.8. The Morgan fingerprint density at radius 3 is 3.00 bits per heavy atom. The zero-order valence-electron chi connectivity index (χ0n) is 7.21. The van der Waals surface area contributed by atoms with Crippen molar-refractivity contribution in [3.63, 3.8) is 0 Å². The van der Waals surface area contributed by atoms with Crippen LogP contribution in [0.25, 0.3) is 5.78 Å². The molecule has 7 nitrogen and oxygen atoms in total. The number of aromatic carboxylic acids is 1. The third kappa shape index (κ3) is 1.06. The van der Waals surface area contributed by atoms with Gasteiger partial charge in [0.05, 0.1) is 13.3 Å². The van der Waals surface area contributed by atoms with Crippen LogP contribution in [0.3, 0.4) is 0 Å². The fraction of sp³-hybridized carbons (Fsp3) is 0.143. The van der Waals surface area contributed by atoms with Gasteiger partial charge in [-0.05, 0) is 0 Å². The summed E-state index contributed by atoms with van der Waals surface area (Å²) in [5.41, 5.74) is -0.0505. The lowest BCUT2D eigenvalue weighted by atomic mass is 10.3. The Labute approximate surface area is 78.0 Å². The molecular weight excluding hydrogens is 188 g/mol. The molecule has 0 aliphatic rings. The molecule has 0 unspecified atom stereocenters. The molecule has 0 spiro atoms. The summed E-state index contributed by atoms with van der Waals surface area (Å²) in [4.78, 5) is 18.4. The van der Waals surface area contributed by atoms with E-state index in [-0.39, 0.29) is 11.4 Å². The smallest absolute Gasteiger partial charge is 0.342 e. The lowest BCUT2D eigenvalue weighted by molar-refractivity contribution is 0.0691. The van der Waals surface area contributed by atoms with E-state index < -0.39 is 5.97 Å². The van der Waals surface area contributed by atoms with Crippen molar-refractivity contribution < 1.29 is 14.6 Å². The van der Waals surface area contributed by atoms with Crippen molar-refractivity contribution in [2.24, 2.45) is 0 Å². The summed E-state index contributed by atoms with van der Waals surface area (Å²) >= 11 is 0. The van der Waals surface area contributed by atoms with Gasteiger partial charge in [0.25, 0.3) is 5.78 Å². The van der Waals surface area contributed by atoms with E-state index in [2.05, 4.69) is 15.1 Å². The van der Waals surface area contributed by atoms with E-state index in [4.69, 9.17) is 9.84 Å². The van der Waals surface area contributed by atoms with E-state index in [9.17, 15) is 4.79 Å². The average molecular weight is 194 g/mol. The molecule has 0 atom stereocenters. The highest BCUT2D eigenvalue weighted by Crippen LogP contribution is 2.16. The Bertz CT molecular complexity index is 493. The molecule has 0 amide bonds. The molecule has 2 aromatic heterocycles. The Hall–Kier alpha value is -2.18. The van der Waals surface area contributed by atoms with Crippen LogP contribution in [0, 0.1) is 0 Å². The lowest BCUT2D eigenvalue weighted by Gasteiger charge is -2.04. The first-order valence-corrected chi connectivity index (χ1v) is 3.70. The van der Waals surface area contributed by atoms with E-state index in [0.717, 1.165) is 0 Å². The van der Waals surface area contributed by atoms with Crippen LogP contribution < -0.4 is 4.74 Å². The Kier molecular flexibility index (Phi) is 1.77. The van der Waals surface area contributed by atoms with Gasteiger partial charge in [-0.1, -0.05) is 0 Å². The molecule has 72 valence electrons. The van der Waals surface area contributed by atoms with Crippen molar-refractivity contribution in [3.05, 3.63) is 18.1 Å². The summed E-state index contributed by atoms with van der Waals surface area (Å²) in [5.74, 6) is -0.710. The fourth-order valence-electron chi connectivity index (χ4n) is 1.10. The number of hydrogen-bond acceptors (Lipinski definition) is 5. The quantitative estimate of drug-likeness (QED) is 0.713.